The Hall–Kier alpha value is -2.95. The van der Waals surface area contributed by atoms with Crippen LogP contribution >= 0.6 is 0 Å². The Morgan fingerprint density at radius 1 is 1.06 bits per heavy atom. The maximum atomic E-state index is 13.0. The summed E-state index contributed by atoms with van der Waals surface area (Å²) in [5.41, 5.74) is 1.83. The largest absolute Gasteiger partial charge is 0.493 e. The predicted octanol–water partition coefficient (Wildman–Crippen LogP) is 2.28. The first kappa shape index (κ1) is 24.7. The molecule has 1 N–H and O–H groups in total. The standard InChI is InChI=1S/C23H28N2O7S/c1-17-5-3-4-6-20(17)31-12-9-23(27)32-16-22(26)24-19-8-7-18(2)21(15-19)33(28,29)25-10-13-30-14-11-25/h3-8,15H,9-14,16H2,1-2H3,(H,24,26). The first-order valence-corrected chi connectivity index (χ1v) is 12.0. The second-order valence-corrected chi connectivity index (χ2v) is 9.48. The Morgan fingerprint density at radius 3 is 2.52 bits per heavy atom. The van der Waals surface area contributed by atoms with E-state index in [2.05, 4.69) is 5.32 Å². The van der Waals surface area contributed by atoms with E-state index in [-0.39, 0.29) is 31.0 Å². The van der Waals surface area contributed by atoms with Crippen LogP contribution in [0.3, 0.4) is 0 Å². The summed E-state index contributed by atoms with van der Waals surface area (Å²) in [4.78, 5) is 24.2. The number of anilines is 1. The van der Waals surface area contributed by atoms with E-state index in [4.69, 9.17) is 14.2 Å². The van der Waals surface area contributed by atoms with Crippen LogP contribution in [0.1, 0.15) is 17.5 Å². The van der Waals surface area contributed by atoms with Gasteiger partial charge in [-0.3, -0.25) is 9.59 Å². The normalized spacial score (nSPS) is 14.5. The fraction of sp³-hybridized carbons (Fsp3) is 0.391. The molecule has 1 aliphatic heterocycles. The highest BCUT2D eigenvalue weighted by Gasteiger charge is 2.28. The van der Waals surface area contributed by atoms with Crippen LogP contribution in [-0.4, -0.2) is 64.1 Å². The van der Waals surface area contributed by atoms with Crippen molar-refractivity contribution < 1.29 is 32.2 Å². The number of carbonyl (C=O) groups is 2. The molecule has 2 aromatic carbocycles. The van der Waals surface area contributed by atoms with Crippen LogP contribution in [0.5, 0.6) is 5.75 Å². The number of hydrogen-bond acceptors (Lipinski definition) is 7. The zero-order chi connectivity index (χ0) is 23.8. The number of sulfonamides is 1. The summed E-state index contributed by atoms with van der Waals surface area (Å²) >= 11 is 0. The maximum Gasteiger partial charge on any atom is 0.309 e. The molecule has 0 saturated carbocycles. The summed E-state index contributed by atoms with van der Waals surface area (Å²) in [5.74, 6) is -0.453. The van der Waals surface area contributed by atoms with Crippen molar-refractivity contribution in [2.75, 3.05) is 44.8 Å². The van der Waals surface area contributed by atoms with Gasteiger partial charge in [-0.2, -0.15) is 4.31 Å². The minimum Gasteiger partial charge on any atom is -0.493 e. The molecule has 1 amide bonds. The van der Waals surface area contributed by atoms with Gasteiger partial charge in [0.25, 0.3) is 5.91 Å². The highest BCUT2D eigenvalue weighted by atomic mass is 32.2. The van der Waals surface area contributed by atoms with Crippen LogP contribution in [0, 0.1) is 13.8 Å². The minimum atomic E-state index is -3.71. The molecule has 1 fully saturated rings. The molecule has 2 aromatic rings. The lowest BCUT2D eigenvalue weighted by molar-refractivity contribution is -0.147. The Labute approximate surface area is 193 Å². The van der Waals surface area contributed by atoms with Gasteiger partial charge in [-0.1, -0.05) is 24.3 Å². The fourth-order valence-corrected chi connectivity index (χ4v) is 4.92. The number of hydrogen-bond donors (Lipinski definition) is 1. The summed E-state index contributed by atoms with van der Waals surface area (Å²) in [6.45, 7) is 4.49. The minimum absolute atomic E-state index is 0.00587. The molecular formula is C23H28N2O7S. The fourth-order valence-electron chi connectivity index (χ4n) is 3.26. The quantitative estimate of drug-likeness (QED) is 0.553. The van der Waals surface area contributed by atoms with Gasteiger partial charge < -0.3 is 19.5 Å². The number of ether oxygens (including phenoxy) is 3. The Bertz CT molecular complexity index is 1100. The highest BCUT2D eigenvalue weighted by Crippen LogP contribution is 2.24. The molecule has 0 aliphatic carbocycles. The number of morpholine rings is 1. The average Bonchev–Trinajstić information content (AvgIpc) is 2.81. The number of aryl methyl sites for hydroxylation is 2. The molecule has 0 atom stereocenters. The summed E-state index contributed by atoms with van der Waals surface area (Å²) < 4.78 is 43.0. The van der Waals surface area contributed by atoms with Gasteiger partial charge in [0.2, 0.25) is 10.0 Å². The van der Waals surface area contributed by atoms with Crippen LogP contribution in [0.25, 0.3) is 0 Å². The lowest BCUT2D eigenvalue weighted by Crippen LogP contribution is -2.40. The van der Waals surface area contributed by atoms with E-state index in [1.54, 1.807) is 19.1 Å². The molecule has 1 heterocycles. The number of esters is 1. The Kier molecular flexibility index (Phi) is 8.43. The molecule has 1 saturated heterocycles. The molecule has 0 aromatic heterocycles. The Balaban J connectivity index is 1.50. The van der Waals surface area contributed by atoms with E-state index >= 15 is 0 Å². The third kappa shape index (κ3) is 6.77. The van der Waals surface area contributed by atoms with Gasteiger partial charge in [0.05, 0.1) is 31.1 Å². The number of nitrogens with zero attached hydrogens (tertiary/aromatic N) is 1. The van der Waals surface area contributed by atoms with E-state index in [1.807, 2.05) is 31.2 Å². The van der Waals surface area contributed by atoms with Crippen molar-refractivity contribution >= 4 is 27.6 Å². The number of rotatable bonds is 9. The lowest BCUT2D eigenvalue weighted by atomic mass is 10.2. The Morgan fingerprint density at radius 2 is 1.79 bits per heavy atom. The zero-order valence-electron chi connectivity index (χ0n) is 18.7. The predicted molar refractivity (Wildman–Crippen MR) is 122 cm³/mol. The van der Waals surface area contributed by atoms with Gasteiger partial charge in [0.1, 0.15) is 5.75 Å². The van der Waals surface area contributed by atoms with Crippen LogP contribution in [0.4, 0.5) is 5.69 Å². The van der Waals surface area contributed by atoms with Gasteiger partial charge >= 0.3 is 5.97 Å². The molecule has 9 nitrogen and oxygen atoms in total. The van der Waals surface area contributed by atoms with E-state index in [9.17, 15) is 18.0 Å². The molecule has 3 rings (SSSR count). The molecule has 0 radical (unpaired) electrons. The van der Waals surface area contributed by atoms with Crippen molar-refractivity contribution in [1.29, 1.82) is 0 Å². The highest BCUT2D eigenvalue weighted by molar-refractivity contribution is 7.89. The number of carbonyl (C=O) groups excluding carboxylic acids is 2. The van der Waals surface area contributed by atoms with Gasteiger partial charge in [-0.25, -0.2) is 8.42 Å². The third-order valence-electron chi connectivity index (χ3n) is 5.08. The van der Waals surface area contributed by atoms with Crippen molar-refractivity contribution in [1.82, 2.24) is 4.31 Å². The molecule has 178 valence electrons. The monoisotopic (exact) mass is 476 g/mol. The van der Waals surface area contributed by atoms with Crippen molar-refractivity contribution in [3.05, 3.63) is 53.6 Å². The number of para-hydroxylation sites is 1. The topological polar surface area (TPSA) is 111 Å². The van der Waals surface area contributed by atoms with Gasteiger partial charge in [0, 0.05) is 18.8 Å². The van der Waals surface area contributed by atoms with Crippen LogP contribution in [-0.2, 0) is 29.1 Å². The molecule has 1 aliphatic rings. The molecular weight excluding hydrogens is 448 g/mol. The van der Waals surface area contributed by atoms with E-state index in [0.29, 0.717) is 30.2 Å². The summed E-state index contributed by atoms with van der Waals surface area (Å²) in [6.07, 6.45) is -0.00587. The molecule has 10 heteroatoms. The number of benzene rings is 2. The molecule has 33 heavy (non-hydrogen) atoms. The number of nitrogens with one attached hydrogen (secondary N) is 1. The maximum absolute atomic E-state index is 13.0. The van der Waals surface area contributed by atoms with Gasteiger partial charge in [-0.05, 0) is 43.2 Å². The summed E-state index contributed by atoms with van der Waals surface area (Å²) in [6, 6.07) is 12.1. The number of amides is 1. The first-order valence-electron chi connectivity index (χ1n) is 10.6. The second kappa shape index (κ2) is 11.3. The van der Waals surface area contributed by atoms with Crippen LogP contribution in [0.2, 0.25) is 0 Å². The van der Waals surface area contributed by atoms with Gasteiger partial charge in [-0.15, -0.1) is 0 Å². The summed E-state index contributed by atoms with van der Waals surface area (Å²) in [7, 11) is -3.71. The average molecular weight is 477 g/mol. The van der Waals surface area contributed by atoms with Crippen molar-refractivity contribution in [2.45, 2.75) is 25.2 Å². The second-order valence-electron chi connectivity index (χ2n) is 7.57. The SMILES string of the molecule is Cc1ccccc1OCCC(=O)OCC(=O)Nc1ccc(C)c(S(=O)(=O)N2CCOCC2)c1. The van der Waals surface area contributed by atoms with Crippen molar-refractivity contribution in [3.8, 4) is 5.75 Å². The molecule has 0 unspecified atom stereocenters. The van der Waals surface area contributed by atoms with Crippen LogP contribution < -0.4 is 10.1 Å². The first-order chi connectivity index (χ1) is 15.8. The summed E-state index contributed by atoms with van der Waals surface area (Å²) in [5, 5.41) is 2.57. The van der Waals surface area contributed by atoms with E-state index in [1.165, 1.54) is 10.4 Å². The van der Waals surface area contributed by atoms with E-state index in [0.717, 1.165) is 5.56 Å². The van der Waals surface area contributed by atoms with Crippen LogP contribution in [0.15, 0.2) is 47.4 Å². The van der Waals surface area contributed by atoms with Crippen molar-refractivity contribution in [3.63, 3.8) is 0 Å². The zero-order valence-corrected chi connectivity index (χ0v) is 19.5. The molecule has 0 spiro atoms. The van der Waals surface area contributed by atoms with Crippen molar-refractivity contribution in [2.24, 2.45) is 0 Å². The third-order valence-corrected chi connectivity index (χ3v) is 7.12. The smallest absolute Gasteiger partial charge is 0.309 e. The lowest BCUT2D eigenvalue weighted by Gasteiger charge is -2.26. The molecule has 0 bridgehead atoms. The van der Waals surface area contributed by atoms with E-state index < -0.39 is 28.5 Å². The van der Waals surface area contributed by atoms with Gasteiger partial charge in [0.15, 0.2) is 6.61 Å².